The molecule has 3 nitrogen and oxygen atoms in total. The van der Waals surface area contributed by atoms with Crippen molar-refractivity contribution in [1.82, 2.24) is 4.90 Å². The van der Waals surface area contributed by atoms with E-state index >= 15 is 0 Å². The van der Waals surface area contributed by atoms with Crippen molar-refractivity contribution in [3.8, 4) is 16.9 Å². The van der Waals surface area contributed by atoms with Crippen LogP contribution in [-0.2, 0) is 11.2 Å². The molecule has 0 aromatic heterocycles. The molecule has 0 unspecified atom stereocenters. The number of rotatable bonds is 7. The predicted molar refractivity (Wildman–Crippen MR) is 102 cm³/mol. The lowest BCUT2D eigenvalue weighted by atomic mass is 9.97. The quantitative estimate of drug-likeness (QED) is 0.715. The zero-order chi connectivity index (χ0) is 17.5. The summed E-state index contributed by atoms with van der Waals surface area (Å²) in [6.45, 7) is 6.11. The molecule has 25 heavy (non-hydrogen) atoms. The Bertz CT molecular complexity index is 756. The first-order valence-corrected chi connectivity index (χ1v) is 9.01. The number of carbonyl (C=O) groups excluding carboxylic acids is 1. The minimum atomic E-state index is 0.544. The van der Waals surface area contributed by atoms with Crippen molar-refractivity contribution >= 4 is 5.94 Å². The smallest absolute Gasteiger partial charge is 0.122 e. The summed E-state index contributed by atoms with van der Waals surface area (Å²) in [5.41, 5.74) is 4.63. The van der Waals surface area contributed by atoms with Crippen LogP contribution in [0, 0.1) is 6.92 Å². The van der Waals surface area contributed by atoms with E-state index in [1.54, 1.807) is 0 Å². The normalized spacial score (nSPS) is 14.3. The average Bonchev–Trinajstić information content (AvgIpc) is 3.14. The summed E-state index contributed by atoms with van der Waals surface area (Å²) < 4.78 is 6.03. The van der Waals surface area contributed by atoms with Gasteiger partial charge in [0.15, 0.2) is 0 Å². The van der Waals surface area contributed by atoms with Gasteiger partial charge in [-0.2, -0.15) is 0 Å². The topological polar surface area (TPSA) is 29.5 Å². The summed E-state index contributed by atoms with van der Waals surface area (Å²) in [4.78, 5) is 13.1. The summed E-state index contributed by atoms with van der Waals surface area (Å²) in [6, 6.07) is 14.6. The Morgan fingerprint density at radius 3 is 2.72 bits per heavy atom. The van der Waals surface area contributed by atoms with Crippen LogP contribution >= 0.6 is 0 Å². The highest BCUT2D eigenvalue weighted by molar-refractivity contribution is 5.69. The van der Waals surface area contributed by atoms with E-state index in [4.69, 9.17) is 4.74 Å². The van der Waals surface area contributed by atoms with Crippen molar-refractivity contribution in [2.45, 2.75) is 26.2 Å². The second-order valence-corrected chi connectivity index (χ2v) is 6.56. The summed E-state index contributed by atoms with van der Waals surface area (Å²) in [6.07, 6.45) is 4.65. The summed E-state index contributed by atoms with van der Waals surface area (Å²) in [5.74, 6) is 2.74. The van der Waals surface area contributed by atoms with Gasteiger partial charge in [0.05, 0.1) is 0 Å². The molecule has 1 heterocycles. The maximum Gasteiger partial charge on any atom is 0.122 e. The molecule has 0 amide bonds. The van der Waals surface area contributed by atoms with Crippen molar-refractivity contribution in [1.29, 1.82) is 0 Å². The molecule has 2 aromatic carbocycles. The molecular weight excluding hydrogens is 310 g/mol. The molecule has 0 radical (unpaired) electrons. The third kappa shape index (κ3) is 4.60. The van der Waals surface area contributed by atoms with Crippen LogP contribution in [0.3, 0.4) is 0 Å². The molecule has 1 aliphatic heterocycles. The van der Waals surface area contributed by atoms with E-state index in [0.717, 1.165) is 23.4 Å². The fraction of sp³-hybridized carbons (Fsp3) is 0.364. The highest BCUT2D eigenvalue weighted by Crippen LogP contribution is 2.29. The fourth-order valence-electron chi connectivity index (χ4n) is 3.39. The molecule has 3 rings (SSSR count). The van der Waals surface area contributed by atoms with Gasteiger partial charge in [-0.25, -0.2) is 4.79 Å². The first-order chi connectivity index (χ1) is 12.3. The first-order valence-electron chi connectivity index (χ1n) is 9.01. The number of hydrogen-bond donors (Lipinski definition) is 0. The standard InChI is InChI=1S/C22H25NO2/c1-18-7-2-3-9-21(18)19-10-11-22(20(17-19)8-6-15-24)25-16-14-23-12-4-5-13-23/h2-3,6-7,9-11,17H,4-5,8,12-14,16H2,1H3. The second-order valence-electron chi connectivity index (χ2n) is 6.56. The van der Waals surface area contributed by atoms with Crippen molar-refractivity contribution < 1.29 is 9.53 Å². The average molecular weight is 335 g/mol. The molecule has 3 heteroatoms. The van der Waals surface area contributed by atoms with Gasteiger partial charge < -0.3 is 4.74 Å². The highest BCUT2D eigenvalue weighted by atomic mass is 16.5. The van der Waals surface area contributed by atoms with Crippen molar-refractivity contribution in [3.05, 3.63) is 59.7 Å². The number of nitrogens with zero attached hydrogens (tertiary/aromatic N) is 1. The van der Waals surface area contributed by atoms with Crippen LogP contribution in [0.5, 0.6) is 5.75 Å². The monoisotopic (exact) mass is 335 g/mol. The van der Waals surface area contributed by atoms with Crippen LogP contribution in [0.25, 0.3) is 11.1 Å². The van der Waals surface area contributed by atoms with Crippen LogP contribution in [0.1, 0.15) is 24.0 Å². The lowest BCUT2D eigenvalue weighted by Gasteiger charge is -2.17. The molecule has 0 aliphatic carbocycles. The van der Waals surface area contributed by atoms with Gasteiger partial charge in [0.25, 0.3) is 0 Å². The largest absolute Gasteiger partial charge is 0.492 e. The SMILES string of the molecule is Cc1ccccc1-c1ccc(OCCN2CCCC2)c(CC=C=O)c1. The van der Waals surface area contributed by atoms with Gasteiger partial charge in [-0.1, -0.05) is 30.3 Å². The van der Waals surface area contributed by atoms with Gasteiger partial charge in [0.2, 0.25) is 0 Å². The lowest BCUT2D eigenvalue weighted by molar-refractivity contribution is 0.236. The molecule has 1 fully saturated rings. The number of aryl methyl sites for hydroxylation is 1. The summed E-state index contributed by atoms with van der Waals surface area (Å²) >= 11 is 0. The van der Waals surface area contributed by atoms with Gasteiger partial charge >= 0.3 is 0 Å². The highest BCUT2D eigenvalue weighted by Gasteiger charge is 2.12. The Morgan fingerprint density at radius 2 is 1.96 bits per heavy atom. The van der Waals surface area contributed by atoms with Crippen molar-refractivity contribution in [2.24, 2.45) is 0 Å². The Balaban J connectivity index is 1.77. The molecular formula is C22H25NO2. The molecule has 1 saturated heterocycles. The van der Waals surface area contributed by atoms with Crippen LogP contribution in [0.2, 0.25) is 0 Å². The van der Waals surface area contributed by atoms with Crippen LogP contribution in [-0.4, -0.2) is 37.1 Å². The van der Waals surface area contributed by atoms with Gasteiger partial charge in [-0.05, 0) is 67.2 Å². The molecule has 1 aliphatic rings. The molecule has 0 bridgehead atoms. The number of allylic oxidation sites excluding steroid dienone is 1. The minimum Gasteiger partial charge on any atom is -0.492 e. The van der Waals surface area contributed by atoms with E-state index in [2.05, 4.69) is 36.1 Å². The Hall–Kier alpha value is -2.35. The van der Waals surface area contributed by atoms with E-state index in [1.165, 1.54) is 43.1 Å². The van der Waals surface area contributed by atoms with E-state index in [0.29, 0.717) is 13.0 Å². The van der Waals surface area contributed by atoms with E-state index < -0.39 is 0 Å². The van der Waals surface area contributed by atoms with E-state index in [9.17, 15) is 4.79 Å². The first kappa shape index (κ1) is 17.5. The number of ether oxygens (including phenoxy) is 1. The van der Waals surface area contributed by atoms with Crippen LogP contribution in [0.15, 0.2) is 48.5 Å². The van der Waals surface area contributed by atoms with Gasteiger partial charge in [-0.3, -0.25) is 4.90 Å². The fourth-order valence-corrected chi connectivity index (χ4v) is 3.39. The van der Waals surface area contributed by atoms with Gasteiger partial charge in [0.1, 0.15) is 18.3 Å². The third-order valence-corrected chi connectivity index (χ3v) is 4.79. The second kappa shape index (κ2) is 8.66. The summed E-state index contributed by atoms with van der Waals surface area (Å²) in [5, 5.41) is 0. The van der Waals surface area contributed by atoms with E-state index in [1.807, 2.05) is 24.1 Å². The molecule has 0 saturated carbocycles. The number of hydrogen-bond acceptors (Lipinski definition) is 3. The summed E-state index contributed by atoms with van der Waals surface area (Å²) in [7, 11) is 0. The molecule has 2 aromatic rings. The molecule has 0 spiro atoms. The van der Waals surface area contributed by atoms with Gasteiger partial charge in [0, 0.05) is 19.0 Å². The Morgan fingerprint density at radius 1 is 1.16 bits per heavy atom. The maximum atomic E-state index is 10.7. The lowest BCUT2D eigenvalue weighted by Crippen LogP contribution is -2.25. The van der Waals surface area contributed by atoms with Gasteiger partial charge in [-0.15, -0.1) is 0 Å². The van der Waals surface area contributed by atoms with E-state index in [-0.39, 0.29) is 0 Å². The predicted octanol–water partition coefficient (Wildman–Crippen LogP) is 4.07. The zero-order valence-corrected chi connectivity index (χ0v) is 14.8. The molecule has 0 N–H and O–H groups in total. The number of benzene rings is 2. The molecule has 0 atom stereocenters. The number of likely N-dealkylation sites (tertiary alicyclic amines) is 1. The van der Waals surface area contributed by atoms with Crippen LogP contribution in [0.4, 0.5) is 0 Å². The Kier molecular flexibility index (Phi) is 6.05. The zero-order valence-electron chi connectivity index (χ0n) is 14.8. The van der Waals surface area contributed by atoms with Crippen molar-refractivity contribution in [2.75, 3.05) is 26.2 Å². The Labute approximate surface area is 149 Å². The van der Waals surface area contributed by atoms with Crippen LogP contribution < -0.4 is 4.74 Å². The maximum absolute atomic E-state index is 10.7. The molecule has 130 valence electrons. The van der Waals surface area contributed by atoms with Crippen molar-refractivity contribution in [3.63, 3.8) is 0 Å². The third-order valence-electron chi connectivity index (χ3n) is 4.79. The minimum absolute atomic E-state index is 0.544.